The molecular weight excluding hydrogens is 379 g/mol. The Morgan fingerprint density at radius 1 is 1.17 bits per heavy atom. The van der Waals surface area contributed by atoms with Crippen LogP contribution < -0.4 is 10.6 Å². The van der Waals surface area contributed by atoms with Crippen molar-refractivity contribution in [3.63, 3.8) is 0 Å². The highest BCUT2D eigenvalue weighted by atomic mass is 19.1. The Bertz CT molecular complexity index is 1110. The Labute approximate surface area is 174 Å². The van der Waals surface area contributed by atoms with Gasteiger partial charge >= 0.3 is 0 Å². The number of hydrogen-bond donors (Lipinski definition) is 3. The molecule has 0 spiro atoms. The second-order valence-electron chi connectivity index (χ2n) is 6.99. The predicted octanol–water partition coefficient (Wildman–Crippen LogP) is 3.79. The summed E-state index contributed by atoms with van der Waals surface area (Å²) in [5, 5.41) is 11.9. The number of nitrogens with one attached hydrogen (secondary N) is 3. The van der Waals surface area contributed by atoms with Gasteiger partial charge in [-0.2, -0.15) is 5.10 Å². The van der Waals surface area contributed by atoms with Crippen molar-refractivity contribution in [3.8, 4) is 5.69 Å². The molecule has 154 valence electrons. The third kappa shape index (κ3) is 4.68. The van der Waals surface area contributed by atoms with Crippen molar-refractivity contribution < 1.29 is 4.39 Å². The lowest BCUT2D eigenvalue weighted by Gasteiger charge is -2.11. The normalized spacial score (nSPS) is 11.7. The number of aromatic amines is 1. The Hall–Kier alpha value is -3.61. The van der Waals surface area contributed by atoms with Crippen LogP contribution in [0.5, 0.6) is 0 Å². The number of fused-ring (bicyclic) bond motifs is 1. The molecule has 0 aliphatic heterocycles. The summed E-state index contributed by atoms with van der Waals surface area (Å²) in [7, 11) is 0. The van der Waals surface area contributed by atoms with Gasteiger partial charge in [0.15, 0.2) is 5.96 Å². The van der Waals surface area contributed by atoms with Crippen LogP contribution in [0.15, 0.2) is 72.1 Å². The third-order valence-corrected chi connectivity index (χ3v) is 4.89. The molecule has 0 aliphatic carbocycles. The number of aliphatic imine (C=N–C) groups is 1. The molecule has 2 heterocycles. The van der Waals surface area contributed by atoms with Gasteiger partial charge in [-0.3, -0.25) is 0 Å². The van der Waals surface area contributed by atoms with Crippen LogP contribution in [0, 0.1) is 5.82 Å². The summed E-state index contributed by atoms with van der Waals surface area (Å²) >= 11 is 0. The minimum absolute atomic E-state index is 0.228. The number of guanidine groups is 1. The Kier molecular flexibility index (Phi) is 6.08. The summed E-state index contributed by atoms with van der Waals surface area (Å²) in [6, 6.07) is 15.0. The lowest BCUT2D eigenvalue weighted by Crippen LogP contribution is -2.38. The molecule has 0 atom stereocenters. The number of H-pyrrole nitrogens is 1. The van der Waals surface area contributed by atoms with E-state index in [4.69, 9.17) is 0 Å². The summed E-state index contributed by atoms with van der Waals surface area (Å²) in [5.74, 6) is 0.549. The largest absolute Gasteiger partial charge is 0.361 e. The Balaban J connectivity index is 1.35. The van der Waals surface area contributed by atoms with Crippen LogP contribution in [0.2, 0.25) is 0 Å². The van der Waals surface area contributed by atoms with Crippen LogP contribution in [-0.2, 0) is 13.0 Å². The summed E-state index contributed by atoms with van der Waals surface area (Å²) < 4.78 is 15.2. The molecule has 6 nitrogen and oxygen atoms in total. The fourth-order valence-electron chi connectivity index (χ4n) is 3.37. The SMILES string of the molecule is CCNC(=NCc1ccc(-n2cccn2)cc1)NCCc1c[nH]c2cc(F)ccc12. The maximum atomic E-state index is 13.3. The molecule has 0 aliphatic rings. The number of rotatable bonds is 7. The monoisotopic (exact) mass is 404 g/mol. The zero-order chi connectivity index (χ0) is 20.8. The van der Waals surface area contributed by atoms with E-state index in [9.17, 15) is 4.39 Å². The van der Waals surface area contributed by atoms with E-state index in [1.54, 1.807) is 6.20 Å². The van der Waals surface area contributed by atoms with E-state index in [0.29, 0.717) is 6.54 Å². The predicted molar refractivity (Wildman–Crippen MR) is 118 cm³/mol. The maximum absolute atomic E-state index is 13.3. The molecule has 0 saturated carbocycles. The highest BCUT2D eigenvalue weighted by molar-refractivity contribution is 5.83. The first-order chi connectivity index (χ1) is 14.7. The molecule has 0 unspecified atom stereocenters. The smallest absolute Gasteiger partial charge is 0.191 e. The van der Waals surface area contributed by atoms with E-state index in [1.807, 2.05) is 48.3 Å². The average molecular weight is 404 g/mol. The van der Waals surface area contributed by atoms with Crippen LogP contribution in [0.25, 0.3) is 16.6 Å². The molecule has 7 heteroatoms. The van der Waals surface area contributed by atoms with E-state index in [-0.39, 0.29) is 5.82 Å². The summed E-state index contributed by atoms with van der Waals surface area (Å²) in [4.78, 5) is 7.82. The van der Waals surface area contributed by atoms with Crippen molar-refractivity contribution in [1.82, 2.24) is 25.4 Å². The van der Waals surface area contributed by atoms with Crippen LogP contribution in [0.4, 0.5) is 4.39 Å². The van der Waals surface area contributed by atoms with Gasteiger partial charge in [0, 0.05) is 42.6 Å². The topological polar surface area (TPSA) is 70.0 Å². The molecule has 2 aromatic heterocycles. The van der Waals surface area contributed by atoms with E-state index in [1.165, 1.54) is 12.1 Å². The van der Waals surface area contributed by atoms with Gasteiger partial charge in [0.2, 0.25) is 0 Å². The zero-order valence-electron chi connectivity index (χ0n) is 16.9. The molecule has 30 heavy (non-hydrogen) atoms. The molecule has 3 N–H and O–H groups in total. The fourth-order valence-corrected chi connectivity index (χ4v) is 3.37. The average Bonchev–Trinajstić information content (AvgIpc) is 3.43. The van der Waals surface area contributed by atoms with Gasteiger partial charge in [0.1, 0.15) is 5.82 Å². The Morgan fingerprint density at radius 2 is 2.03 bits per heavy atom. The Morgan fingerprint density at radius 3 is 2.80 bits per heavy atom. The summed E-state index contributed by atoms with van der Waals surface area (Å²) in [6.07, 6.45) is 6.44. The zero-order valence-corrected chi connectivity index (χ0v) is 16.9. The number of benzene rings is 2. The molecular formula is C23H25FN6. The van der Waals surface area contributed by atoms with Gasteiger partial charge in [0.05, 0.1) is 12.2 Å². The molecule has 0 saturated heterocycles. The minimum Gasteiger partial charge on any atom is -0.361 e. The van der Waals surface area contributed by atoms with Crippen molar-refractivity contribution >= 4 is 16.9 Å². The molecule has 2 aromatic carbocycles. The van der Waals surface area contributed by atoms with Gasteiger partial charge in [-0.25, -0.2) is 14.1 Å². The van der Waals surface area contributed by atoms with Gasteiger partial charge in [-0.1, -0.05) is 12.1 Å². The van der Waals surface area contributed by atoms with Gasteiger partial charge in [0.25, 0.3) is 0 Å². The first kappa shape index (κ1) is 19.7. The fraction of sp³-hybridized carbons (Fsp3) is 0.217. The van der Waals surface area contributed by atoms with Gasteiger partial charge in [-0.05, 0) is 60.9 Å². The highest BCUT2D eigenvalue weighted by Crippen LogP contribution is 2.19. The van der Waals surface area contributed by atoms with Gasteiger partial charge in [-0.15, -0.1) is 0 Å². The molecule has 4 rings (SSSR count). The molecule has 0 radical (unpaired) electrons. The van der Waals surface area contributed by atoms with Crippen LogP contribution in [-0.4, -0.2) is 33.8 Å². The second-order valence-corrected chi connectivity index (χ2v) is 6.99. The standard InChI is InChI=1S/C23H25FN6/c1-2-25-23(26-12-10-18-16-27-22-14-19(24)6-9-21(18)22)28-15-17-4-7-20(8-5-17)30-13-3-11-29-30/h3-9,11,13-14,16,27H,2,10,12,15H2,1H3,(H2,25,26,28). The van der Waals surface area contributed by atoms with Crippen molar-refractivity contribution in [2.45, 2.75) is 19.9 Å². The van der Waals surface area contributed by atoms with E-state index in [2.05, 4.69) is 37.8 Å². The highest BCUT2D eigenvalue weighted by Gasteiger charge is 2.05. The molecule has 4 aromatic rings. The van der Waals surface area contributed by atoms with E-state index < -0.39 is 0 Å². The van der Waals surface area contributed by atoms with Crippen LogP contribution in [0.3, 0.4) is 0 Å². The molecule has 0 amide bonds. The van der Waals surface area contributed by atoms with Gasteiger partial charge < -0.3 is 15.6 Å². The third-order valence-electron chi connectivity index (χ3n) is 4.89. The number of hydrogen-bond acceptors (Lipinski definition) is 2. The first-order valence-electron chi connectivity index (χ1n) is 10.1. The maximum Gasteiger partial charge on any atom is 0.191 e. The van der Waals surface area contributed by atoms with Crippen molar-refractivity contribution in [1.29, 1.82) is 0 Å². The molecule has 0 bridgehead atoms. The summed E-state index contributed by atoms with van der Waals surface area (Å²) in [6.45, 7) is 4.15. The number of nitrogens with zero attached hydrogens (tertiary/aromatic N) is 3. The van der Waals surface area contributed by atoms with E-state index in [0.717, 1.165) is 53.2 Å². The number of aromatic nitrogens is 3. The first-order valence-corrected chi connectivity index (χ1v) is 10.1. The lowest BCUT2D eigenvalue weighted by atomic mass is 10.1. The molecule has 0 fully saturated rings. The van der Waals surface area contributed by atoms with Crippen molar-refractivity contribution in [2.75, 3.05) is 13.1 Å². The van der Waals surface area contributed by atoms with Crippen LogP contribution >= 0.6 is 0 Å². The lowest BCUT2D eigenvalue weighted by molar-refractivity contribution is 0.629. The van der Waals surface area contributed by atoms with E-state index >= 15 is 0 Å². The second kappa shape index (κ2) is 9.26. The number of halogens is 1. The van der Waals surface area contributed by atoms with Crippen LogP contribution in [0.1, 0.15) is 18.1 Å². The minimum atomic E-state index is -0.228. The van der Waals surface area contributed by atoms with Crippen molar-refractivity contribution in [2.24, 2.45) is 4.99 Å². The van der Waals surface area contributed by atoms with Crippen molar-refractivity contribution in [3.05, 3.63) is 84.1 Å². The quantitative estimate of drug-likeness (QED) is 0.324. The summed E-state index contributed by atoms with van der Waals surface area (Å²) in [5.41, 5.74) is 4.13.